The van der Waals surface area contributed by atoms with E-state index in [-0.39, 0.29) is 17.7 Å². The van der Waals surface area contributed by atoms with Gasteiger partial charge < -0.3 is 14.4 Å². The number of piperidine rings is 1. The average molecular weight is 431 g/mol. The van der Waals surface area contributed by atoms with Crippen LogP contribution in [0.4, 0.5) is 0 Å². The lowest BCUT2D eigenvalue weighted by Gasteiger charge is -2.41. The number of rotatable bonds is 4. The van der Waals surface area contributed by atoms with E-state index in [0.29, 0.717) is 13.2 Å². The van der Waals surface area contributed by atoms with Crippen molar-refractivity contribution < 1.29 is 14.3 Å². The van der Waals surface area contributed by atoms with Crippen molar-refractivity contribution in [2.45, 2.75) is 32.5 Å². The fourth-order valence-electron chi connectivity index (χ4n) is 5.13. The third-order valence-corrected chi connectivity index (χ3v) is 6.79. The topological polar surface area (TPSA) is 51.7 Å². The van der Waals surface area contributed by atoms with Gasteiger partial charge in [0.2, 0.25) is 5.91 Å². The molecule has 32 heavy (non-hydrogen) atoms. The van der Waals surface area contributed by atoms with Crippen molar-refractivity contribution >= 4 is 16.8 Å². The summed E-state index contributed by atoms with van der Waals surface area (Å²) in [6.07, 6.45) is 3.60. The molecule has 2 fully saturated rings. The zero-order valence-electron chi connectivity index (χ0n) is 18.8. The maximum Gasteiger partial charge on any atom is 0.225 e. The van der Waals surface area contributed by atoms with Crippen molar-refractivity contribution in [3.05, 3.63) is 66.4 Å². The number of aromatic nitrogens is 1. The summed E-state index contributed by atoms with van der Waals surface area (Å²) in [6.45, 7) is 6.64. The van der Waals surface area contributed by atoms with Crippen LogP contribution in [0.5, 0.6) is 0 Å². The lowest BCUT2D eigenvalue weighted by molar-refractivity contribution is -0.214. The van der Waals surface area contributed by atoms with Gasteiger partial charge in [0.1, 0.15) is 0 Å². The van der Waals surface area contributed by atoms with Gasteiger partial charge in [0.15, 0.2) is 5.79 Å². The molecule has 5 rings (SSSR count). The van der Waals surface area contributed by atoms with Gasteiger partial charge in [-0.15, -0.1) is 0 Å². The Morgan fingerprint density at radius 2 is 1.69 bits per heavy atom. The summed E-state index contributed by atoms with van der Waals surface area (Å²) in [5, 5.41) is 1.13. The highest BCUT2D eigenvalue weighted by atomic mass is 16.7. The SMILES string of the molecule is CC(C)C(=O)N1CCC(C2(c3ccc(-c4cccc5cccnc45)cc3)OCCO2)CC1. The largest absolute Gasteiger partial charge is 0.343 e. The molecule has 0 aliphatic carbocycles. The zero-order valence-corrected chi connectivity index (χ0v) is 18.8. The fourth-order valence-corrected chi connectivity index (χ4v) is 5.13. The number of amides is 1. The first-order valence-corrected chi connectivity index (χ1v) is 11.6. The molecular formula is C27H30N2O3. The van der Waals surface area contributed by atoms with Crippen LogP contribution in [0.25, 0.3) is 22.0 Å². The van der Waals surface area contributed by atoms with Gasteiger partial charge >= 0.3 is 0 Å². The van der Waals surface area contributed by atoms with Crippen LogP contribution in [0, 0.1) is 11.8 Å². The van der Waals surface area contributed by atoms with Crippen LogP contribution in [0.3, 0.4) is 0 Å². The first-order valence-electron chi connectivity index (χ1n) is 11.6. The standard InChI is InChI=1S/C27H30N2O3/c1-19(2)26(30)29-15-12-23(13-16-29)27(31-17-18-32-27)22-10-8-20(9-11-22)24-7-3-5-21-6-4-14-28-25(21)24/h3-11,14,19,23H,12-13,15-18H2,1-2H3. The molecule has 0 saturated carbocycles. The van der Waals surface area contributed by atoms with E-state index in [0.717, 1.165) is 53.5 Å². The van der Waals surface area contributed by atoms with Gasteiger partial charge in [-0.3, -0.25) is 9.78 Å². The molecule has 2 aliphatic heterocycles. The van der Waals surface area contributed by atoms with E-state index >= 15 is 0 Å². The Balaban J connectivity index is 1.41. The molecule has 5 nitrogen and oxygen atoms in total. The number of ether oxygens (including phenoxy) is 2. The van der Waals surface area contributed by atoms with E-state index in [1.54, 1.807) is 0 Å². The third-order valence-electron chi connectivity index (χ3n) is 6.79. The lowest BCUT2D eigenvalue weighted by atomic mass is 9.83. The second-order valence-electron chi connectivity index (χ2n) is 9.08. The van der Waals surface area contributed by atoms with Crippen LogP contribution < -0.4 is 0 Å². The van der Waals surface area contributed by atoms with Crippen molar-refractivity contribution in [3.63, 3.8) is 0 Å². The van der Waals surface area contributed by atoms with E-state index in [9.17, 15) is 4.79 Å². The highest BCUT2D eigenvalue weighted by Gasteiger charge is 2.47. The van der Waals surface area contributed by atoms with Crippen molar-refractivity contribution in [2.75, 3.05) is 26.3 Å². The van der Waals surface area contributed by atoms with E-state index in [4.69, 9.17) is 9.47 Å². The smallest absolute Gasteiger partial charge is 0.225 e. The zero-order chi connectivity index (χ0) is 22.1. The molecule has 166 valence electrons. The molecular weight excluding hydrogens is 400 g/mol. The number of para-hydroxylation sites is 1. The highest BCUT2D eigenvalue weighted by Crippen LogP contribution is 2.44. The van der Waals surface area contributed by atoms with Crippen molar-refractivity contribution in [2.24, 2.45) is 11.8 Å². The van der Waals surface area contributed by atoms with Gasteiger partial charge in [0, 0.05) is 47.6 Å². The van der Waals surface area contributed by atoms with Crippen LogP contribution in [0.2, 0.25) is 0 Å². The van der Waals surface area contributed by atoms with Crippen molar-refractivity contribution in [1.82, 2.24) is 9.88 Å². The first-order chi connectivity index (χ1) is 15.6. The normalized spacial score (nSPS) is 19.0. The van der Waals surface area contributed by atoms with Crippen LogP contribution in [0.15, 0.2) is 60.8 Å². The summed E-state index contributed by atoms with van der Waals surface area (Å²) in [5.41, 5.74) is 4.31. The van der Waals surface area contributed by atoms with Crippen LogP contribution in [0.1, 0.15) is 32.3 Å². The molecule has 3 heterocycles. The number of fused-ring (bicyclic) bond motifs is 1. The molecule has 2 aliphatic rings. The van der Waals surface area contributed by atoms with E-state index in [1.807, 2.05) is 31.0 Å². The molecule has 1 aromatic heterocycles. The number of nitrogens with zero attached hydrogens (tertiary/aromatic N) is 2. The molecule has 2 saturated heterocycles. The Morgan fingerprint density at radius 1 is 1.00 bits per heavy atom. The van der Waals surface area contributed by atoms with Crippen molar-refractivity contribution in [3.8, 4) is 11.1 Å². The Kier molecular flexibility index (Phi) is 5.70. The molecule has 0 spiro atoms. The third kappa shape index (κ3) is 3.70. The molecule has 2 aromatic carbocycles. The first kappa shape index (κ1) is 21.1. The van der Waals surface area contributed by atoms with Crippen molar-refractivity contribution in [1.29, 1.82) is 0 Å². The number of likely N-dealkylation sites (tertiary alicyclic amines) is 1. The number of carbonyl (C=O) groups is 1. The maximum atomic E-state index is 12.4. The van der Waals surface area contributed by atoms with Crippen LogP contribution >= 0.6 is 0 Å². The molecule has 0 unspecified atom stereocenters. The summed E-state index contributed by atoms with van der Waals surface area (Å²) >= 11 is 0. The van der Waals surface area contributed by atoms with Crippen LogP contribution in [-0.4, -0.2) is 42.1 Å². The lowest BCUT2D eigenvalue weighted by Crippen LogP contribution is -2.47. The van der Waals surface area contributed by atoms with E-state index < -0.39 is 5.79 Å². The molecule has 0 N–H and O–H groups in total. The van der Waals surface area contributed by atoms with Crippen LogP contribution in [-0.2, 0) is 20.1 Å². The predicted octanol–water partition coefficient (Wildman–Crippen LogP) is 5.00. The highest BCUT2D eigenvalue weighted by molar-refractivity contribution is 5.93. The minimum atomic E-state index is -0.720. The monoisotopic (exact) mass is 430 g/mol. The van der Waals surface area contributed by atoms with Gasteiger partial charge in [-0.1, -0.05) is 62.4 Å². The van der Waals surface area contributed by atoms with Gasteiger partial charge in [-0.2, -0.15) is 0 Å². The maximum absolute atomic E-state index is 12.4. The summed E-state index contributed by atoms with van der Waals surface area (Å²) in [7, 11) is 0. The number of hydrogen-bond donors (Lipinski definition) is 0. The Bertz CT molecular complexity index is 1090. The molecule has 3 aromatic rings. The molecule has 0 atom stereocenters. The Labute approximate surface area is 189 Å². The quantitative estimate of drug-likeness (QED) is 0.585. The number of benzene rings is 2. The number of carbonyl (C=O) groups excluding carboxylic acids is 1. The van der Waals surface area contributed by atoms with Gasteiger partial charge in [-0.25, -0.2) is 0 Å². The summed E-state index contributed by atoms with van der Waals surface area (Å²) in [4.78, 5) is 19.0. The molecule has 1 amide bonds. The minimum Gasteiger partial charge on any atom is -0.343 e. The minimum absolute atomic E-state index is 0.0376. The Hall–Kier alpha value is -2.76. The molecule has 0 radical (unpaired) electrons. The molecule has 5 heteroatoms. The van der Waals surface area contributed by atoms with Gasteiger partial charge in [0.05, 0.1) is 18.7 Å². The fraction of sp³-hybridized carbons (Fsp3) is 0.407. The van der Waals surface area contributed by atoms with E-state index in [1.165, 1.54) is 0 Å². The summed E-state index contributed by atoms with van der Waals surface area (Å²) in [6, 6.07) is 18.9. The van der Waals surface area contributed by atoms with Gasteiger partial charge in [0.25, 0.3) is 0 Å². The second kappa shape index (κ2) is 8.64. The summed E-state index contributed by atoms with van der Waals surface area (Å²) in [5.74, 6) is -0.219. The summed E-state index contributed by atoms with van der Waals surface area (Å²) < 4.78 is 12.6. The number of pyridine rings is 1. The Morgan fingerprint density at radius 3 is 2.38 bits per heavy atom. The van der Waals surface area contributed by atoms with Gasteiger partial charge in [-0.05, 0) is 24.5 Å². The van der Waals surface area contributed by atoms with E-state index in [2.05, 4.69) is 53.5 Å². The average Bonchev–Trinajstić information content (AvgIpc) is 3.35. The predicted molar refractivity (Wildman–Crippen MR) is 125 cm³/mol. The second-order valence-corrected chi connectivity index (χ2v) is 9.08. The number of hydrogen-bond acceptors (Lipinski definition) is 4. The molecule has 0 bridgehead atoms.